The predicted molar refractivity (Wildman–Crippen MR) is 46.7 cm³/mol. The van der Waals surface area contributed by atoms with Crippen LogP contribution in [-0.4, -0.2) is 43.8 Å². The molecule has 0 bridgehead atoms. The molecule has 0 amide bonds. The summed E-state index contributed by atoms with van der Waals surface area (Å²) in [5, 5.41) is 0. The van der Waals surface area contributed by atoms with E-state index < -0.39 is 0 Å². The standard InChI is InChI=1S/C8H10O2.Na.H/c1-9-7-4-3-5-8(6-7)10-2;;/h3-6H,1-2H3;;. The molecule has 0 aliphatic rings. The first kappa shape index (κ1) is 10.8. The molecule has 0 unspecified atom stereocenters. The molecule has 0 aromatic heterocycles. The van der Waals surface area contributed by atoms with Gasteiger partial charge in [-0.05, 0) is 12.1 Å². The monoisotopic (exact) mass is 162 g/mol. The number of hydrogen-bond acceptors (Lipinski definition) is 2. The van der Waals surface area contributed by atoms with E-state index in [1.165, 1.54) is 0 Å². The molecule has 0 aliphatic carbocycles. The molecule has 0 fully saturated rings. The molecule has 1 aromatic carbocycles. The fraction of sp³-hybridized carbons (Fsp3) is 0.250. The van der Waals surface area contributed by atoms with Crippen LogP contribution in [0.5, 0.6) is 11.5 Å². The topological polar surface area (TPSA) is 18.5 Å². The first-order valence-corrected chi connectivity index (χ1v) is 3.05. The van der Waals surface area contributed by atoms with Gasteiger partial charge in [-0.3, -0.25) is 0 Å². The van der Waals surface area contributed by atoms with Crippen molar-refractivity contribution in [2.45, 2.75) is 0 Å². The van der Waals surface area contributed by atoms with E-state index in [2.05, 4.69) is 0 Å². The van der Waals surface area contributed by atoms with E-state index in [0.717, 1.165) is 11.5 Å². The zero-order valence-corrected chi connectivity index (χ0v) is 6.13. The van der Waals surface area contributed by atoms with Crippen LogP contribution in [0.15, 0.2) is 24.3 Å². The second kappa shape index (κ2) is 5.47. The Morgan fingerprint density at radius 3 is 1.82 bits per heavy atom. The van der Waals surface area contributed by atoms with Crippen LogP contribution >= 0.6 is 0 Å². The molecular formula is C8H11NaO2. The Labute approximate surface area is 88.8 Å². The quantitative estimate of drug-likeness (QED) is 0.605. The van der Waals surface area contributed by atoms with Crippen LogP contribution in [0.2, 0.25) is 0 Å². The van der Waals surface area contributed by atoms with Gasteiger partial charge in [0, 0.05) is 6.07 Å². The zero-order chi connectivity index (χ0) is 7.40. The average Bonchev–Trinajstić information content (AvgIpc) is 2.05. The maximum atomic E-state index is 4.98. The van der Waals surface area contributed by atoms with E-state index in [1.807, 2.05) is 24.3 Å². The van der Waals surface area contributed by atoms with E-state index in [4.69, 9.17) is 9.47 Å². The molecule has 0 heterocycles. The molecule has 2 nitrogen and oxygen atoms in total. The van der Waals surface area contributed by atoms with Crippen molar-refractivity contribution in [2.75, 3.05) is 14.2 Å². The zero-order valence-electron chi connectivity index (χ0n) is 6.13. The van der Waals surface area contributed by atoms with Gasteiger partial charge < -0.3 is 9.47 Å². The van der Waals surface area contributed by atoms with Crippen molar-refractivity contribution >= 4 is 29.6 Å². The van der Waals surface area contributed by atoms with Gasteiger partial charge in [-0.1, -0.05) is 6.07 Å². The summed E-state index contributed by atoms with van der Waals surface area (Å²) in [6, 6.07) is 7.47. The van der Waals surface area contributed by atoms with Crippen molar-refractivity contribution in [1.82, 2.24) is 0 Å². The number of methoxy groups -OCH3 is 2. The van der Waals surface area contributed by atoms with E-state index in [-0.39, 0.29) is 29.6 Å². The van der Waals surface area contributed by atoms with Crippen LogP contribution in [0.4, 0.5) is 0 Å². The van der Waals surface area contributed by atoms with Crippen molar-refractivity contribution in [3.05, 3.63) is 24.3 Å². The summed E-state index contributed by atoms with van der Waals surface area (Å²) in [6.07, 6.45) is 0. The van der Waals surface area contributed by atoms with Crippen LogP contribution in [0.1, 0.15) is 0 Å². The van der Waals surface area contributed by atoms with E-state index in [9.17, 15) is 0 Å². The number of rotatable bonds is 2. The number of benzene rings is 1. The second-order valence-corrected chi connectivity index (χ2v) is 1.88. The van der Waals surface area contributed by atoms with Gasteiger partial charge in [-0.2, -0.15) is 0 Å². The summed E-state index contributed by atoms with van der Waals surface area (Å²) in [4.78, 5) is 0. The van der Waals surface area contributed by atoms with Crippen LogP contribution in [0.25, 0.3) is 0 Å². The summed E-state index contributed by atoms with van der Waals surface area (Å²) in [5.41, 5.74) is 0. The summed E-state index contributed by atoms with van der Waals surface area (Å²) in [7, 11) is 3.27. The SMILES string of the molecule is COc1cccc(OC)c1.[NaH]. The van der Waals surface area contributed by atoms with Gasteiger partial charge in [0.1, 0.15) is 11.5 Å². The third kappa shape index (κ3) is 3.14. The summed E-state index contributed by atoms with van der Waals surface area (Å²) in [6.45, 7) is 0. The molecule has 0 saturated carbocycles. The van der Waals surface area contributed by atoms with Gasteiger partial charge in [0.25, 0.3) is 0 Å². The van der Waals surface area contributed by atoms with Crippen LogP contribution in [-0.2, 0) is 0 Å². The fourth-order valence-corrected chi connectivity index (χ4v) is 0.728. The molecule has 0 radical (unpaired) electrons. The van der Waals surface area contributed by atoms with Crippen molar-refractivity contribution in [1.29, 1.82) is 0 Å². The van der Waals surface area contributed by atoms with Crippen LogP contribution in [0, 0.1) is 0 Å². The Morgan fingerprint density at radius 2 is 1.45 bits per heavy atom. The molecule has 1 rings (SSSR count). The number of hydrogen-bond donors (Lipinski definition) is 0. The first-order chi connectivity index (χ1) is 4.86. The molecule has 0 spiro atoms. The minimum atomic E-state index is 0. The van der Waals surface area contributed by atoms with Gasteiger partial charge in [-0.25, -0.2) is 0 Å². The van der Waals surface area contributed by atoms with Crippen molar-refractivity contribution in [3.63, 3.8) is 0 Å². The molecule has 0 N–H and O–H groups in total. The van der Waals surface area contributed by atoms with Crippen LogP contribution in [0.3, 0.4) is 0 Å². The molecule has 0 saturated heterocycles. The Balaban J connectivity index is 0.000001000. The van der Waals surface area contributed by atoms with E-state index >= 15 is 0 Å². The summed E-state index contributed by atoms with van der Waals surface area (Å²) < 4.78 is 9.95. The average molecular weight is 162 g/mol. The Bertz CT molecular complexity index is 194. The molecule has 0 aliphatic heterocycles. The van der Waals surface area contributed by atoms with Gasteiger partial charge >= 0.3 is 29.6 Å². The molecule has 1 aromatic rings. The Hall–Kier alpha value is -0.180. The maximum absolute atomic E-state index is 4.98. The fourth-order valence-electron chi connectivity index (χ4n) is 0.728. The molecule has 56 valence electrons. The van der Waals surface area contributed by atoms with Gasteiger partial charge in [-0.15, -0.1) is 0 Å². The Morgan fingerprint density at radius 1 is 1.00 bits per heavy atom. The Kier molecular flexibility index (Phi) is 5.38. The van der Waals surface area contributed by atoms with Gasteiger partial charge in [0.15, 0.2) is 0 Å². The minimum absolute atomic E-state index is 0. The second-order valence-electron chi connectivity index (χ2n) is 1.88. The summed E-state index contributed by atoms with van der Waals surface area (Å²) in [5.74, 6) is 1.64. The molecular weight excluding hydrogens is 151 g/mol. The molecule has 11 heavy (non-hydrogen) atoms. The third-order valence-corrected chi connectivity index (χ3v) is 1.28. The van der Waals surface area contributed by atoms with Crippen molar-refractivity contribution < 1.29 is 9.47 Å². The van der Waals surface area contributed by atoms with Crippen molar-refractivity contribution in [3.8, 4) is 11.5 Å². The van der Waals surface area contributed by atoms with E-state index in [0.29, 0.717) is 0 Å². The van der Waals surface area contributed by atoms with Gasteiger partial charge in [0.05, 0.1) is 14.2 Å². The van der Waals surface area contributed by atoms with Gasteiger partial charge in [0.2, 0.25) is 0 Å². The molecule has 0 atom stereocenters. The van der Waals surface area contributed by atoms with Crippen LogP contribution < -0.4 is 9.47 Å². The van der Waals surface area contributed by atoms with E-state index in [1.54, 1.807) is 14.2 Å². The number of ether oxygens (including phenoxy) is 2. The van der Waals surface area contributed by atoms with Crippen molar-refractivity contribution in [2.24, 2.45) is 0 Å². The third-order valence-electron chi connectivity index (χ3n) is 1.28. The molecule has 3 heteroatoms. The first-order valence-electron chi connectivity index (χ1n) is 3.05. The predicted octanol–water partition coefficient (Wildman–Crippen LogP) is 1.06. The summed E-state index contributed by atoms with van der Waals surface area (Å²) >= 11 is 0. The normalized spacial score (nSPS) is 8.18.